The molecule has 0 saturated carbocycles. The van der Waals surface area contributed by atoms with Gasteiger partial charge in [-0.25, -0.2) is 0 Å². The van der Waals surface area contributed by atoms with E-state index >= 15 is 0 Å². The molecule has 1 aromatic heterocycles. The smallest absolute Gasteiger partial charge is 0.287 e. The lowest BCUT2D eigenvalue weighted by atomic mass is 9.95. The minimum absolute atomic E-state index is 0.0569. The van der Waals surface area contributed by atoms with Crippen molar-refractivity contribution in [3.05, 3.63) is 28.1 Å². The van der Waals surface area contributed by atoms with Crippen molar-refractivity contribution < 1.29 is 14.8 Å². The summed E-state index contributed by atoms with van der Waals surface area (Å²) in [6, 6.07) is 1.21. The molecule has 0 spiro atoms. The molecule has 0 aliphatic heterocycles. The minimum Gasteiger partial charge on any atom is -0.396 e. The number of hydrogen-bond acceptors (Lipinski definition) is 4. The maximum absolute atomic E-state index is 12.1. The van der Waals surface area contributed by atoms with Crippen molar-refractivity contribution in [3.63, 3.8) is 0 Å². The van der Waals surface area contributed by atoms with Gasteiger partial charge in [0.1, 0.15) is 5.69 Å². The topological polar surface area (TPSA) is 97.4 Å². The summed E-state index contributed by atoms with van der Waals surface area (Å²) in [5, 5.41) is 22.6. The van der Waals surface area contributed by atoms with Crippen molar-refractivity contribution in [2.45, 2.75) is 33.7 Å². The normalized spacial score (nSPS) is 11.7. The molecule has 0 unspecified atom stereocenters. The fourth-order valence-electron chi connectivity index (χ4n) is 1.64. The number of carbonyl (C=O) groups excluding carboxylic acids is 1. The third-order valence-corrected chi connectivity index (χ3v) is 2.99. The summed E-state index contributed by atoms with van der Waals surface area (Å²) in [7, 11) is 0. The van der Waals surface area contributed by atoms with Gasteiger partial charge in [0.05, 0.1) is 11.1 Å². The number of hydrogen-bond donors (Lipinski definition) is 2. The Morgan fingerprint density at radius 2 is 2.15 bits per heavy atom. The van der Waals surface area contributed by atoms with Crippen molar-refractivity contribution in [1.29, 1.82) is 0 Å². The average Bonchev–Trinajstić information content (AvgIpc) is 2.81. The summed E-state index contributed by atoms with van der Waals surface area (Å²) in [5.41, 5.74) is -0.290. The van der Waals surface area contributed by atoms with E-state index < -0.39 is 10.3 Å². The molecule has 2 N–H and O–H groups in total. The molecule has 1 rings (SSSR count). The fraction of sp³-hybridized carbons (Fsp3) is 0.615. The number of carbonyl (C=O) groups is 1. The highest BCUT2D eigenvalue weighted by atomic mass is 16.6. The SMILES string of the molecule is CC(C)n1cc([N+](=O)[O-])cc1C(=O)NCC(C)(C)CO. The molecule has 112 valence electrons. The number of amides is 1. The third-order valence-electron chi connectivity index (χ3n) is 2.99. The standard InChI is InChI=1S/C13H21N3O4/c1-9(2)15-6-10(16(19)20)5-11(15)12(18)14-7-13(3,4)8-17/h5-6,9,17H,7-8H2,1-4H3,(H,14,18). The Bertz CT molecular complexity index is 506. The zero-order valence-electron chi connectivity index (χ0n) is 12.2. The highest BCUT2D eigenvalue weighted by molar-refractivity contribution is 5.93. The molecule has 20 heavy (non-hydrogen) atoms. The van der Waals surface area contributed by atoms with Crippen LogP contribution in [0.4, 0.5) is 5.69 Å². The van der Waals surface area contributed by atoms with Crippen molar-refractivity contribution >= 4 is 11.6 Å². The predicted octanol–water partition coefficient (Wildman–Crippen LogP) is 1.73. The molecule has 7 nitrogen and oxygen atoms in total. The number of nitro groups is 1. The second-order valence-corrected chi connectivity index (χ2v) is 5.85. The molecule has 0 aliphatic carbocycles. The van der Waals surface area contributed by atoms with Gasteiger partial charge in [-0.3, -0.25) is 14.9 Å². The molecule has 0 aliphatic rings. The second kappa shape index (κ2) is 6.04. The predicted molar refractivity (Wildman–Crippen MR) is 74.7 cm³/mol. The van der Waals surface area contributed by atoms with Crippen LogP contribution in [0, 0.1) is 15.5 Å². The van der Waals surface area contributed by atoms with Crippen molar-refractivity contribution in [2.24, 2.45) is 5.41 Å². The summed E-state index contributed by atoms with van der Waals surface area (Å²) >= 11 is 0. The van der Waals surface area contributed by atoms with E-state index in [1.807, 2.05) is 27.7 Å². The Kier molecular flexibility index (Phi) is 4.88. The number of nitrogens with zero attached hydrogens (tertiary/aromatic N) is 2. The van der Waals surface area contributed by atoms with Crippen LogP contribution in [0.2, 0.25) is 0 Å². The second-order valence-electron chi connectivity index (χ2n) is 5.85. The number of rotatable bonds is 6. The summed E-state index contributed by atoms with van der Waals surface area (Å²) < 4.78 is 1.57. The Morgan fingerprint density at radius 1 is 1.55 bits per heavy atom. The molecule has 0 radical (unpaired) electrons. The molecular formula is C13H21N3O4. The van der Waals surface area contributed by atoms with E-state index in [0.717, 1.165) is 0 Å². The summed E-state index contributed by atoms with van der Waals surface area (Å²) in [6.45, 7) is 7.56. The molecule has 1 heterocycles. The van der Waals surface area contributed by atoms with Gasteiger partial charge in [-0.2, -0.15) is 0 Å². The van der Waals surface area contributed by atoms with E-state index in [9.17, 15) is 14.9 Å². The van der Waals surface area contributed by atoms with Crippen LogP contribution >= 0.6 is 0 Å². The van der Waals surface area contributed by atoms with Gasteiger partial charge in [0.25, 0.3) is 11.6 Å². The van der Waals surface area contributed by atoms with E-state index in [-0.39, 0.29) is 29.9 Å². The van der Waals surface area contributed by atoms with Gasteiger partial charge >= 0.3 is 0 Å². The number of nitrogens with one attached hydrogen (secondary N) is 1. The highest BCUT2D eigenvalue weighted by Gasteiger charge is 2.23. The number of aliphatic hydroxyl groups is 1. The van der Waals surface area contributed by atoms with Gasteiger partial charge in [-0.15, -0.1) is 0 Å². The fourth-order valence-corrected chi connectivity index (χ4v) is 1.64. The van der Waals surface area contributed by atoms with Crippen LogP contribution in [-0.4, -0.2) is 33.7 Å². The van der Waals surface area contributed by atoms with Crippen LogP contribution in [0.3, 0.4) is 0 Å². The van der Waals surface area contributed by atoms with Gasteiger partial charge in [-0.05, 0) is 13.8 Å². The molecule has 0 bridgehead atoms. The minimum atomic E-state index is -0.521. The lowest BCUT2D eigenvalue weighted by Crippen LogP contribution is -2.36. The van der Waals surface area contributed by atoms with Crippen LogP contribution in [0.5, 0.6) is 0 Å². The van der Waals surface area contributed by atoms with E-state index in [4.69, 9.17) is 5.11 Å². The largest absolute Gasteiger partial charge is 0.396 e. The van der Waals surface area contributed by atoms with Crippen LogP contribution in [-0.2, 0) is 0 Å². The molecule has 0 fully saturated rings. The summed E-state index contributed by atoms with van der Waals surface area (Å²) in [5.74, 6) is -0.381. The quantitative estimate of drug-likeness (QED) is 0.613. The molecule has 0 aromatic carbocycles. The monoisotopic (exact) mass is 283 g/mol. The van der Waals surface area contributed by atoms with Crippen molar-refractivity contribution in [1.82, 2.24) is 9.88 Å². The van der Waals surface area contributed by atoms with E-state index in [1.54, 1.807) is 4.57 Å². The molecule has 1 amide bonds. The first kappa shape index (κ1) is 16.2. The molecule has 0 atom stereocenters. The first-order chi connectivity index (χ1) is 9.18. The Morgan fingerprint density at radius 3 is 2.60 bits per heavy atom. The van der Waals surface area contributed by atoms with E-state index in [0.29, 0.717) is 6.54 Å². The van der Waals surface area contributed by atoms with E-state index in [2.05, 4.69) is 5.32 Å². The molecule has 7 heteroatoms. The van der Waals surface area contributed by atoms with Crippen molar-refractivity contribution in [2.75, 3.05) is 13.2 Å². The lowest BCUT2D eigenvalue weighted by Gasteiger charge is -2.22. The summed E-state index contributed by atoms with van der Waals surface area (Å²) in [6.07, 6.45) is 1.36. The Hall–Kier alpha value is -1.89. The van der Waals surface area contributed by atoms with Crippen LogP contribution < -0.4 is 5.32 Å². The maximum atomic E-state index is 12.1. The third kappa shape index (κ3) is 3.80. The number of aromatic nitrogens is 1. The van der Waals surface area contributed by atoms with Gasteiger partial charge in [0, 0.05) is 30.7 Å². The zero-order valence-corrected chi connectivity index (χ0v) is 12.2. The lowest BCUT2D eigenvalue weighted by molar-refractivity contribution is -0.384. The highest BCUT2D eigenvalue weighted by Crippen LogP contribution is 2.21. The van der Waals surface area contributed by atoms with Gasteiger partial charge in [0.15, 0.2) is 0 Å². The maximum Gasteiger partial charge on any atom is 0.287 e. The first-order valence-corrected chi connectivity index (χ1v) is 6.43. The molecule has 1 aromatic rings. The number of aliphatic hydroxyl groups excluding tert-OH is 1. The van der Waals surface area contributed by atoms with Gasteiger partial charge < -0.3 is 15.0 Å². The average molecular weight is 283 g/mol. The summed E-state index contributed by atoms with van der Waals surface area (Å²) in [4.78, 5) is 22.4. The van der Waals surface area contributed by atoms with Crippen LogP contribution in [0.25, 0.3) is 0 Å². The van der Waals surface area contributed by atoms with Crippen LogP contribution in [0.1, 0.15) is 44.2 Å². The Balaban J connectivity index is 2.94. The first-order valence-electron chi connectivity index (χ1n) is 6.43. The van der Waals surface area contributed by atoms with E-state index in [1.165, 1.54) is 12.3 Å². The van der Waals surface area contributed by atoms with Crippen LogP contribution in [0.15, 0.2) is 12.3 Å². The van der Waals surface area contributed by atoms with Gasteiger partial charge in [-0.1, -0.05) is 13.8 Å². The Labute approximate surface area is 117 Å². The zero-order chi connectivity index (χ0) is 15.5. The van der Waals surface area contributed by atoms with Crippen molar-refractivity contribution in [3.8, 4) is 0 Å². The molecule has 0 saturated heterocycles. The molecular weight excluding hydrogens is 262 g/mol. The van der Waals surface area contributed by atoms with Gasteiger partial charge in [0.2, 0.25) is 0 Å².